The number of aliphatic imine (C=N–C) groups is 1. The molecule has 0 bridgehead atoms. The Morgan fingerprint density at radius 2 is 1.92 bits per heavy atom. The Balaban J connectivity index is 2.53. The van der Waals surface area contributed by atoms with Gasteiger partial charge in [0.2, 0.25) is 0 Å². The molecule has 2 nitrogen and oxygen atoms in total. The molecule has 1 saturated carbocycles. The van der Waals surface area contributed by atoms with Crippen LogP contribution >= 0.6 is 0 Å². The van der Waals surface area contributed by atoms with Crippen LogP contribution in [0.15, 0.2) is 59.4 Å². The summed E-state index contributed by atoms with van der Waals surface area (Å²) in [6.45, 7) is 11.2. The van der Waals surface area contributed by atoms with Crippen LogP contribution in [0.1, 0.15) is 50.2 Å². The van der Waals surface area contributed by atoms with Gasteiger partial charge in [0.15, 0.2) is 0 Å². The first kappa shape index (κ1) is 20.0. The summed E-state index contributed by atoms with van der Waals surface area (Å²) in [4.78, 5) is 6.12. The fourth-order valence-electron chi connectivity index (χ4n) is 2.89. The van der Waals surface area contributed by atoms with Crippen LogP contribution in [0.4, 0.5) is 13.2 Å². The van der Waals surface area contributed by atoms with Crippen LogP contribution < -0.4 is 0 Å². The smallest absolute Gasteiger partial charge is 0.266 e. The fourth-order valence-corrected chi connectivity index (χ4v) is 2.89. The lowest BCUT2D eigenvalue weighted by Crippen LogP contribution is -2.26. The second kappa shape index (κ2) is 7.94. The summed E-state index contributed by atoms with van der Waals surface area (Å²) in [6, 6.07) is 4.11. The highest BCUT2D eigenvalue weighted by Crippen LogP contribution is 2.42. The zero-order valence-electron chi connectivity index (χ0n) is 15.5. The Morgan fingerprint density at radius 3 is 2.42 bits per heavy atom. The van der Waals surface area contributed by atoms with Gasteiger partial charge in [-0.3, -0.25) is 4.99 Å². The van der Waals surface area contributed by atoms with Crippen LogP contribution in [-0.2, 0) is 0 Å². The van der Waals surface area contributed by atoms with Crippen LogP contribution in [0.5, 0.6) is 0 Å². The van der Waals surface area contributed by atoms with E-state index in [-0.39, 0.29) is 11.1 Å². The van der Waals surface area contributed by atoms with E-state index in [1.807, 2.05) is 13.2 Å². The maximum Gasteiger partial charge on any atom is 0.266 e. The van der Waals surface area contributed by atoms with Gasteiger partial charge in [-0.25, -0.2) is 13.2 Å². The van der Waals surface area contributed by atoms with E-state index < -0.39 is 23.7 Å². The molecule has 1 aromatic rings. The molecule has 1 fully saturated rings. The minimum atomic E-state index is -2.86. The maximum absolute atomic E-state index is 14.7. The van der Waals surface area contributed by atoms with Gasteiger partial charge in [-0.1, -0.05) is 37.8 Å². The first-order valence-corrected chi connectivity index (χ1v) is 8.56. The lowest BCUT2D eigenvalue weighted by molar-refractivity contribution is 0.146. The molecule has 0 aromatic heterocycles. The first-order chi connectivity index (χ1) is 12.2. The Bertz CT molecular complexity index is 746. The van der Waals surface area contributed by atoms with Crippen molar-refractivity contribution >= 4 is 6.72 Å². The first-order valence-electron chi connectivity index (χ1n) is 8.56. The van der Waals surface area contributed by atoms with Gasteiger partial charge in [-0.2, -0.15) is 0 Å². The quantitative estimate of drug-likeness (QED) is 0.409. The van der Waals surface area contributed by atoms with Crippen LogP contribution in [0.3, 0.4) is 0 Å². The van der Waals surface area contributed by atoms with E-state index in [2.05, 4.69) is 30.1 Å². The number of rotatable bonds is 8. The molecule has 0 amide bonds. The minimum absolute atomic E-state index is 0.0643. The Labute approximate surface area is 153 Å². The van der Waals surface area contributed by atoms with Crippen molar-refractivity contribution in [1.82, 2.24) is 4.90 Å². The Hall–Kier alpha value is -2.30. The summed E-state index contributed by atoms with van der Waals surface area (Å²) in [7, 11) is 1.96. The van der Waals surface area contributed by atoms with Gasteiger partial charge in [-0.05, 0) is 38.1 Å². The van der Waals surface area contributed by atoms with E-state index >= 15 is 0 Å². The third-order valence-corrected chi connectivity index (χ3v) is 5.13. The van der Waals surface area contributed by atoms with E-state index in [0.717, 1.165) is 18.9 Å². The number of alkyl halides is 2. The molecular formula is C21H25F3N2. The average Bonchev–Trinajstić information content (AvgIpc) is 3.36. The molecule has 1 aromatic carbocycles. The normalized spacial score (nSPS) is 17.8. The van der Waals surface area contributed by atoms with Gasteiger partial charge < -0.3 is 4.90 Å². The van der Waals surface area contributed by atoms with Crippen molar-refractivity contribution < 1.29 is 13.2 Å². The molecule has 5 heteroatoms. The molecule has 1 aliphatic rings. The highest BCUT2D eigenvalue weighted by Gasteiger charge is 2.40. The second-order valence-corrected chi connectivity index (χ2v) is 6.91. The molecule has 26 heavy (non-hydrogen) atoms. The van der Waals surface area contributed by atoms with Crippen molar-refractivity contribution in [2.45, 2.75) is 44.6 Å². The molecule has 0 saturated heterocycles. The predicted octanol–water partition coefficient (Wildman–Crippen LogP) is 6.01. The molecule has 1 unspecified atom stereocenters. The lowest BCUT2D eigenvalue weighted by atomic mass is 9.89. The molecule has 1 aliphatic carbocycles. The summed E-state index contributed by atoms with van der Waals surface area (Å²) >= 11 is 0. The molecule has 1 atom stereocenters. The second-order valence-electron chi connectivity index (χ2n) is 6.91. The van der Waals surface area contributed by atoms with E-state index in [1.54, 1.807) is 19.1 Å². The summed E-state index contributed by atoms with van der Waals surface area (Å²) in [5.41, 5.74) is 0.944. The number of benzene rings is 1. The lowest BCUT2D eigenvalue weighted by Gasteiger charge is -2.27. The van der Waals surface area contributed by atoms with E-state index in [0.29, 0.717) is 11.3 Å². The summed E-state index contributed by atoms with van der Waals surface area (Å²) < 4.78 is 40.8. The number of hydrogen-bond acceptors (Lipinski definition) is 2. The van der Waals surface area contributed by atoms with E-state index in [4.69, 9.17) is 0 Å². The van der Waals surface area contributed by atoms with Crippen molar-refractivity contribution in [2.75, 3.05) is 7.05 Å². The molecule has 0 N–H and O–H groups in total. The maximum atomic E-state index is 14.7. The van der Waals surface area contributed by atoms with E-state index in [1.165, 1.54) is 12.1 Å². The van der Waals surface area contributed by atoms with Gasteiger partial charge in [0.25, 0.3) is 6.43 Å². The summed E-state index contributed by atoms with van der Waals surface area (Å²) in [5, 5.41) is 0. The molecule has 140 valence electrons. The fraction of sp³-hybridized carbons (Fsp3) is 0.381. The van der Waals surface area contributed by atoms with Crippen LogP contribution in [0, 0.1) is 5.82 Å². The molecule has 0 heterocycles. The SMILES string of the molecule is C=C/C=C(N=C)\C(=C/N(C)C1(C)CC1)C(C)c1cccc(C(F)F)c1F. The van der Waals surface area contributed by atoms with Gasteiger partial charge in [0.1, 0.15) is 5.82 Å². The van der Waals surface area contributed by atoms with E-state index in [9.17, 15) is 13.2 Å². The predicted molar refractivity (Wildman–Crippen MR) is 101 cm³/mol. The largest absolute Gasteiger partial charge is 0.375 e. The monoisotopic (exact) mass is 362 g/mol. The third kappa shape index (κ3) is 4.09. The standard InChI is InChI=1S/C21H25F3N2/c1-6-8-18(25-4)17(13-26(5)21(3)11-12-21)14(2)15-9-7-10-16(19(15)22)20(23)24/h6-10,13-14,20H,1,4,11-12H2,2-3,5H3/b17-13-,18-8+. The van der Waals surface area contributed by atoms with Crippen molar-refractivity contribution in [3.8, 4) is 0 Å². The van der Waals surface area contributed by atoms with Crippen LogP contribution in [-0.4, -0.2) is 24.2 Å². The molecule has 0 radical (unpaired) electrons. The third-order valence-electron chi connectivity index (χ3n) is 5.13. The molecule has 0 aliphatic heterocycles. The number of allylic oxidation sites excluding steroid dienone is 3. The summed E-state index contributed by atoms with van der Waals surface area (Å²) in [5.74, 6) is -1.35. The highest BCUT2D eigenvalue weighted by atomic mass is 19.3. The van der Waals surface area contributed by atoms with Crippen molar-refractivity contribution in [2.24, 2.45) is 4.99 Å². The Kier molecular flexibility index (Phi) is 6.11. The van der Waals surface area contributed by atoms with Gasteiger partial charge >= 0.3 is 0 Å². The average molecular weight is 362 g/mol. The zero-order valence-corrected chi connectivity index (χ0v) is 15.5. The van der Waals surface area contributed by atoms with Crippen LogP contribution in [0.2, 0.25) is 0 Å². The molecular weight excluding hydrogens is 337 g/mol. The van der Waals surface area contributed by atoms with Crippen molar-refractivity contribution in [3.05, 3.63) is 71.3 Å². The molecule has 0 spiro atoms. The van der Waals surface area contributed by atoms with Gasteiger partial charge in [0.05, 0.1) is 11.3 Å². The summed E-state index contributed by atoms with van der Waals surface area (Å²) in [6.07, 6.45) is 4.46. The topological polar surface area (TPSA) is 15.6 Å². The zero-order chi connectivity index (χ0) is 19.5. The van der Waals surface area contributed by atoms with Gasteiger partial charge in [-0.15, -0.1) is 0 Å². The number of nitrogens with zero attached hydrogens (tertiary/aromatic N) is 2. The minimum Gasteiger partial charge on any atom is -0.375 e. The van der Waals surface area contributed by atoms with Crippen molar-refractivity contribution in [3.63, 3.8) is 0 Å². The van der Waals surface area contributed by atoms with Crippen LogP contribution in [0.25, 0.3) is 0 Å². The van der Waals surface area contributed by atoms with Crippen molar-refractivity contribution in [1.29, 1.82) is 0 Å². The molecule has 2 rings (SSSR count). The number of halogens is 3. The Morgan fingerprint density at radius 1 is 1.31 bits per heavy atom. The van der Waals surface area contributed by atoms with Gasteiger partial charge in [0, 0.05) is 30.3 Å². The highest BCUT2D eigenvalue weighted by molar-refractivity contribution is 5.46. The number of hydrogen-bond donors (Lipinski definition) is 0.